The lowest BCUT2D eigenvalue weighted by atomic mass is 10.2. The van der Waals surface area contributed by atoms with Gasteiger partial charge in [0.2, 0.25) is 11.5 Å². The zero-order valence-electron chi connectivity index (χ0n) is 12.3. The van der Waals surface area contributed by atoms with Gasteiger partial charge in [-0.25, -0.2) is 8.42 Å². The van der Waals surface area contributed by atoms with Crippen molar-refractivity contribution in [2.75, 3.05) is 0 Å². The average Bonchev–Trinajstić information content (AvgIpc) is 2.53. The van der Waals surface area contributed by atoms with Gasteiger partial charge in [0.05, 0.1) is 25.7 Å². The van der Waals surface area contributed by atoms with E-state index in [0.29, 0.717) is 12.1 Å². The summed E-state index contributed by atoms with van der Waals surface area (Å²) in [4.78, 5) is 29.5. The summed E-state index contributed by atoms with van der Waals surface area (Å²) in [5.74, 6) is -1.03. The first-order valence-corrected chi connectivity index (χ1v) is 8.65. The van der Waals surface area contributed by atoms with Crippen LogP contribution in [0.2, 0.25) is 0 Å². The summed E-state index contributed by atoms with van der Waals surface area (Å²) in [6, 6.07) is 4.84. The predicted molar refractivity (Wildman–Crippen MR) is 86.0 cm³/mol. The van der Waals surface area contributed by atoms with Gasteiger partial charge in [-0.2, -0.15) is 0 Å². The van der Waals surface area contributed by atoms with Gasteiger partial charge in [-0.1, -0.05) is 0 Å². The van der Waals surface area contributed by atoms with E-state index in [9.17, 15) is 38.8 Å². The van der Waals surface area contributed by atoms with Crippen LogP contribution in [-0.4, -0.2) is 23.2 Å². The first-order chi connectivity index (χ1) is 12.0. The molecule has 0 aliphatic carbocycles. The molecule has 0 heterocycles. The van der Waals surface area contributed by atoms with Gasteiger partial charge in [-0.15, -0.1) is 0 Å². The van der Waals surface area contributed by atoms with Crippen LogP contribution in [0.4, 0.5) is 17.1 Å². The Bertz CT molecular complexity index is 1040. The van der Waals surface area contributed by atoms with E-state index in [2.05, 4.69) is 0 Å². The van der Waals surface area contributed by atoms with Crippen molar-refractivity contribution in [1.82, 2.24) is 0 Å². The van der Waals surface area contributed by atoms with Crippen molar-refractivity contribution in [3.8, 4) is 11.5 Å². The molecule has 0 saturated carbocycles. The van der Waals surface area contributed by atoms with Gasteiger partial charge < -0.3 is 4.74 Å². The van der Waals surface area contributed by atoms with Crippen molar-refractivity contribution < 1.29 is 27.9 Å². The third-order valence-electron chi connectivity index (χ3n) is 2.98. The summed E-state index contributed by atoms with van der Waals surface area (Å²) in [7, 11) is 0.861. The molecule has 26 heavy (non-hydrogen) atoms. The first-order valence-electron chi connectivity index (χ1n) is 6.34. The molecule has 0 spiro atoms. The summed E-state index contributed by atoms with van der Waals surface area (Å²) < 4.78 is 27.7. The Morgan fingerprint density at radius 2 is 1.31 bits per heavy atom. The van der Waals surface area contributed by atoms with Crippen molar-refractivity contribution in [1.29, 1.82) is 0 Å². The highest BCUT2D eigenvalue weighted by Crippen LogP contribution is 2.39. The number of rotatable bonds is 6. The Morgan fingerprint density at radius 1 is 0.808 bits per heavy atom. The van der Waals surface area contributed by atoms with E-state index in [-0.39, 0.29) is 0 Å². The van der Waals surface area contributed by atoms with Gasteiger partial charge >= 0.3 is 11.4 Å². The van der Waals surface area contributed by atoms with E-state index in [1.54, 1.807) is 0 Å². The fourth-order valence-electron chi connectivity index (χ4n) is 1.84. The van der Waals surface area contributed by atoms with Crippen molar-refractivity contribution >= 4 is 36.8 Å². The number of ether oxygens (including phenoxy) is 1. The SMILES string of the molecule is O=[N+]([O-])c1ccc(Oc2ccc(S(=O)(=O)Cl)cc2[N+](=O)[O-])c([N+](=O)[O-])c1. The number of hydrogen-bond donors (Lipinski definition) is 0. The first kappa shape index (κ1) is 19.0. The summed E-state index contributed by atoms with van der Waals surface area (Å²) in [6.07, 6.45) is 0. The molecule has 0 aliphatic rings. The molecule has 0 aliphatic heterocycles. The number of hydrogen-bond acceptors (Lipinski definition) is 9. The topological polar surface area (TPSA) is 173 Å². The van der Waals surface area contributed by atoms with Crippen LogP contribution in [0.25, 0.3) is 0 Å². The number of halogens is 1. The van der Waals surface area contributed by atoms with Gasteiger partial charge in [0.15, 0.2) is 0 Å². The molecule has 0 amide bonds. The van der Waals surface area contributed by atoms with E-state index in [0.717, 1.165) is 24.3 Å². The minimum Gasteiger partial charge on any atom is -0.443 e. The van der Waals surface area contributed by atoms with Crippen molar-refractivity contribution in [2.45, 2.75) is 4.90 Å². The number of nitro benzene ring substituents is 3. The summed E-state index contributed by atoms with van der Waals surface area (Å²) in [5, 5.41) is 32.9. The Labute approximate surface area is 148 Å². The molecule has 2 rings (SSSR count). The van der Waals surface area contributed by atoms with E-state index < -0.39 is 57.3 Å². The average molecular weight is 404 g/mol. The highest BCUT2D eigenvalue weighted by atomic mass is 35.7. The monoisotopic (exact) mass is 403 g/mol. The molecule has 0 N–H and O–H groups in total. The van der Waals surface area contributed by atoms with Crippen LogP contribution in [0.3, 0.4) is 0 Å². The molecule has 2 aromatic rings. The summed E-state index contributed by atoms with van der Waals surface area (Å²) >= 11 is 0. The van der Waals surface area contributed by atoms with Gasteiger partial charge in [-0.3, -0.25) is 30.3 Å². The van der Waals surface area contributed by atoms with Gasteiger partial charge in [0.1, 0.15) is 0 Å². The molecule has 0 radical (unpaired) electrons. The van der Waals surface area contributed by atoms with Crippen LogP contribution in [0.15, 0.2) is 41.3 Å². The van der Waals surface area contributed by atoms with Gasteiger partial charge in [0.25, 0.3) is 14.7 Å². The zero-order valence-corrected chi connectivity index (χ0v) is 13.8. The second kappa shape index (κ2) is 6.89. The molecular weight excluding hydrogens is 398 g/mol. The quantitative estimate of drug-likeness (QED) is 0.398. The molecule has 14 heteroatoms. The lowest BCUT2D eigenvalue weighted by Gasteiger charge is -2.07. The maximum absolute atomic E-state index is 11.3. The van der Waals surface area contributed by atoms with Crippen LogP contribution in [0.1, 0.15) is 0 Å². The second-order valence-electron chi connectivity index (χ2n) is 4.59. The van der Waals surface area contributed by atoms with Crippen LogP contribution in [0.5, 0.6) is 11.5 Å². The van der Waals surface area contributed by atoms with E-state index in [4.69, 9.17) is 15.4 Å². The van der Waals surface area contributed by atoms with E-state index in [1.165, 1.54) is 0 Å². The smallest absolute Gasteiger partial charge is 0.318 e. The highest BCUT2D eigenvalue weighted by Gasteiger charge is 2.26. The molecule has 0 unspecified atom stereocenters. The summed E-state index contributed by atoms with van der Waals surface area (Å²) in [6.45, 7) is 0. The standard InChI is InChI=1S/C12H6ClN3O9S/c13-26(23,24)8-2-4-12(10(6-8)16(21)22)25-11-3-1-7(14(17)18)5-9(11)15(19)20/h1-6H. The van der Waals surface area contributed by atoms with Crippen molar-refractivity contribution in [2.24, 2.45) is 0 Å². The fraction of sp³-hybridized carbons (Fsp3) is 0. The largest absolute Gasteiger partial charge is 0.443 e. The molecule has 0 saturated heterocycles. The molecule has 0 atom stereocenters. The molecule has 2 aromatic carbocycles. The van der Waals surface area contributed by atoms with Crippen LogP contribution >= 0.6 is 10.7 Å². The molecule has 0 fully saturated rings. The Balaban J connectivity index is 2.56. The van der Waals surface area contributed by atoms with Crippen LogP contribution < -0.4 is 4.74 Å². The Hall–Kier alpha value is -3.32. The molecule has 0 bridgehead atoms. The van der Waals surface area contributed by atoms with Crippen LogP contribution in [0, 0.1) is 30.3 Å². The third-order valence-corrected chi connectivity index (χ3v) is 4.33. The highest BCUT2D eigenvalue weighted by molar-refractivity contribution is 8.13. The molecule has 136 valence electrons. The van der Waals surface area contributed by atoms with E-state index >= 15 is 0 Å². The van der Waals surface area contributed by atoms with Crippen molar-refractivity contribution in [3.63, 3.8) is 0 Å². The Kier molecular flexibility index (Phi) is 5.04. The number of benzene rings is 2. The molecule has 12 nitrogen and oxygen atoms in total. The zero-order chi connectivity index (χ0) is 19.6. The van der Waals surface area contributed by atoms with E-state index in [1.807, 2.05) is 0 Å². The maximum atomic E-state index is 11.3. The predicted octanol–water partition coefficient (Wildman–Crippen LogP) is 3.13. The molecule has 0 aromatic heterocycles. The third kappa shape index (κ3) is 4.01. The lowest BCUT2D eigenvalue weighted by molar-refractivity contribution is -0.394. The number of nitro groups is 3. The summed E-state index contributed by atoms with van der Waals surface area (Å²) in [5.41, 5.74) is -2.20. The van der Waals surface area contributed by atoms with Crippen LogP contribution in [-0.2, 0) is 9.05 Å². The lowest BCUT2D eigenvalue weighted by Crippen LogP contribution is -1.99. The Morgan fingerprint density at radius 3 is 1.77 bits per heavy atom. The van der Waals surface area contributed by atoms with Crippen molar-refractivity contribution in [3.05, 3.63) is 66.7 Å². The minimum absolute atomic E-state index is 0.509. The van der Waals surface area contributed by atoms with Gasteiger partial charge in [0, 0.05) is 22.8 Å². The normalized spacial score (nSPS) is 11.0. The second-order valence-corrected chi connectivity index (χ2v) is 7.16. The number of nitrogens with zero attached hydrogens (tertiary/aromatic N) is 3. The number of non-ortho nitro benzene ring substituents is 1. The fourth-order valence-corrected chi connectivity index (χ4v) is 2.62. The molecular formula is C12H6ClN3O9S. The van der Waals surface area contributed by atoms with Gasteiger partial charge in [-0.05, 0) is 18.2 Å². The minimum atomic E-state index is -4.26. The maximum Gasteiger partial charge on any atom is 0.318 e.